The fourth-order valence-electron chi connectivity index (χ4n) is 1.56. The second-order valence-corrected chi connectivity index (χ2v) is 5.50. The quantitative estimate of drug-likeness (QED) is 0.635. The molecule has 0 amide bonds. The van der Waals surface area contributed by atoms with Gasteiger partial charge in [0.15, 0.2) is 0 Å². The molecule has 0 aliphatic heterocycles. The molecule has 0 N–H and O–H groups in total. The Bertz CT molecular complexity index is 574. The van der Waals surface area contributed by atoms with Gasteiger partial charge >= 0.3 is 5.97 Å². The lowest BCUT2D eigenvalue weighted by molar-refractivity contribution is -0.139. The third-order valence-corrected chi connectivity index (χ3v) is 3.85. The van der Waals surface area contributed by atoms with Crippen LogP contribution in [0.25, 0.3) is 10.9 Å². The summed E-state index contributed by atoms with van der Waals surface area (Å²) in [4.78, 5) is 16.7. The number of hydrogen-bond acceptors (Lipinski definition) is 4. The Hall–Kier alpha value is -1.07. The van der Waals surface area contributed by atoms with Gasteiger partial charge in [0.05, 0.1) is 17.9 Å². The van der Waals surface area contributed by atoms with E-state index in [9.17, 15) is 4.79 Å². The van der Waals surface area contributed by atoms with E-state index in [1.165, 1.54) is 11.8 Å². The Morgan fingerprint density at radius 2 is 2.28 bits per heavy atom. The molecule has 3 nitrogen and oxygen atoms in total. The Kier molecular flexibility index (Phi) is 4.60. The van der Waals surface area contributed by atoms with E-state index in [2.05, 4.69) is 20.9 Å². The summed E-state index contributed by atoms with van der Waals surface area (Å²) < 4.78 is 5.92. The van der Waals surface area contributed by atoms with Crippen molar-refractivity contribution in [1.82, 2.24) is 4.98 Å². The number of halogens is 1. The van der Waals surface area contributed by atoms with Crippen LogP contribution in [-0.4, -0.2) is 23.3 Å². The van der Waals surface area contributed by atoms with Gasteiger partial charge in [0.25, 0.3) is 0 Å². The summed E-state index contributed by atoms with van der Waals surface area (Å²) in [7, 11) is 0. The number of pyridine rings is 1. The Morgan fingerprint density at radius 1 is 1.44 bits per heavy atom. The van der Waals surface area contributed by atoms with Gasteiger partial charge in [0.1, 0.15) is 0 Å². The molecule has 0 saturated carbocycles. The van der Waals surface area contributed by atoms with Crippen LogP contribution in [0.4, 0.5) is 0 Å². The lowest BCUT2D eigenvalue weighted by atomic mass is 10.2. The first-order valence-corrected chi connectivity index (χ1v) is 7.31. The molecular weight excluding hydrogens is 314 g/mol. The minimum absolute atomic E-state index is 0.192. The van der Waals surface area contributed by atoms with Crippen LogP contribution in [-0.2, 0) is 9.53 Å². The number of thioether (sulfide) groups is 1. The average molecular weight is 326 g/mol. The Labute approximate surface area is 118 Å². The van der Waals surface area contributed by atoms with Crippen LogP contribution < -0.4 is 0 Å². The fraction of sp³-hybridized carbons (Fsp3) is 0.231. The number of rotatable bonds is 4. The van der Waals surface area contributed by atoms with E-state index < -0.39 is 0 Å². The van der Waals surface area contributed by atoms with Crippen molar-refractivity contribution in [2.45, 2.75) is 11.8 Å². The van der Waals surface area contributed by atoms with Gasteiger partial charge in [0, 0.05) is 21.0 Å². The van der Waals surface area contributed by atoms with E-state index in [1.54, 1.807) is 6.20 Å². The van der Waals surface area contributed by atoms with Crippen molar-refractivity contribution in [2.75, 3.05) is 12.4 Å². The second-order valence-electron chi connectivity index (χ2n) is 3.56. The van der Waals surface area contributed by atoms with Crippen LogP contribution >= 0.6 is 27.7 Å². The predicted octanol–water partition coefficient (Wildman–Crippen LogP) is 3.65. The topological polar surface area (TPSA) is 39.2 Å². The number of aromatic nitrogens is 1. The van der Waals surface area contributed by atoms with Crippen molar-refractivity contribution < 1.29 is 9.53 Å². The van der Waals surface area contributed by atoms with Gasteiger partial charge in [-0.15, -0.1) is 11.8 Å². The molecule has 0 aliphatic carbocycles. The highest BCUT2D eigenvalue weighted by molar-refractivity contribution is 9.10. The van der Waals surface area contributed by atoms with Crippen LogP contribution in [0.1, 0.15) is 6.92 Å². The normalized spacial score (nSPS) is 10.6. The highest BCUT2D eigenvalue weighted by atomic mass is 79.9. The number of hydrogen-bond donors (Lipinski definition) is 0. The number of carbonyl (C=O) groups is 1. The van der Waals surface area contributed by atoms with Crippen molar-refractivity contribution >= 4 is 44.6 Å². The standard InChI is InChI=1S/C13H12BrNO2S/c1-2-17-13(16)8-18-12-5-6-15-11-4-3-9(14)7-10(11)12/h3-7H,2,8H2,1H3. The minimum Gasteiger partial charge on any atom is -0.465 e. The van der Waals surface area contributed by atoms with Crippen molar-refractivity contribution in [3.63, 3.8) is 0 Å². The number of carbonyl (C=O) groups excluding carboxylic acids is 1. The molecule has 0 saturated heterocycles. The first kappa shape index (κ1) is 13.4. The SMILES string of the molecule is CCOC(=O)CSc1ccnc2ccc(Br)cc12. The average Bonchev–Trinajstić information content (AvgIpc) is 2.36. The second kappa shape index (κ2) is 6.20. The van der Waals surface area contributed by atoms with E-state index >= 15 is 0 Å². The van der Waals surface area contributed by atoms with E-state index in [4.69, 9.17) is 4.74 Å². The summed E-state index contributed by atoms with van der Waals surface area (Å²) in [5, 5.41) is 1.04. The van der Waals surface area contributed by atoms with E-state index in [-0.39, 0.29) is 5.97 Å². The maximum atomic E-state index is 11.4. The van der Waals surface area contributed by atoms with E-state index in [0.717, 1.165) is 20.3 Å². The Balaban J connectivity index is 2.22. The minimum atomic E-state index is -0.192. The zero-order chi connectivity index (χ0) is 13.0. The lowest BCUT2D eigenvalue weighted by Gasteiger charge is -2.06. The van der Waals surface area contributed by atoms with Gasteiger partial charge in [-0.05, 0) is 31.2 Å². The van der Waals surface area contributed by atoms with Crippen molar-refractivity contribution in [3.8, 4) is 0 Å². The molecule has 0 bridgehead atoms. The molecule has 1 aromatic heterocycles. The van der Waals surface area contributed by atoms with Gasteiger partial charge in [0.2, 0.25) is 0 Å². The number of fused-ring (bicyclic) bond motifs is 1. The third kappa shape index (κ3) is 3.23. The van der Waals surface area contributed by atoms with Gasteiger partial charge in [-0.25, -0.2) is 0 Å². The van der Waals surface area contributed by atoms with Crippen molar-refractivity contribution in [3.05, 3.63) is 34.9 Å². The molecule has 0 spiro atoms. The highest BCUT2D eigenvalue weighted by Crippen LogP contribution is 2.28. The van der Waals surface area contributed by atoms with Gasteiger partial charge < -0.3 is 4.74 Å². The third-order valence-electron chi connectivity index (χ3n) is 2.31. The predicted molar refractivity (Wildman–Crippen MR) is 76.8 cm³/mol. The zero-order valence-electron chi connectivity index (χ0n) is 9.85. The summed E-state index contributed by atoms with van der Waals surface area (Å²) in [6.07, 6.45) is 1.75. The molecule has 1 aromatic carbocycles. The summed E-state index contributed by atoms with van der Waals surface area (Å²) in [5.74, 6) is 0.127. The number of esters is 1. The summed E-state index contributed by atoms with van der Waals surface area (Å²) in [6.45, 7) is 2.23. The zero-order valence-corrected chi connectivity index (χ0v) is 12.3. The molecule has 1 heterocycles. The fourth-order valence-corrected chi connectivity index (χ4v) is 2.75. The molecule has 2 aromatic rings. The van der Waals surface area contributed by atoms with Crippen molar-refractivity contribution in [1.29, 1.82) is 0 Å². The number of ether oxygens (including phenoxy) is 1. The molecule has 94 valence electrons. The molecule has 0 radical (unpaired) electrons. The smallest absolute Gasteiger partial charge is 0.316 e. The summed E-state index contributed by atoms with van der Waals surface area (Å²) >= 11 is 4.91. The molecule has 18 heavy (non-hydrogen) atoms. The first-order valence-electron chi connectivity index (χ1n) is 5.53. The molecule has 0 aliphatic rings. The molecule has 5 heteroatoms. The van der Waals surface area contributed by atoms with Gasteiger partial charge in [-0.1, -0.05) is 15.9 Å². The van der Waals surface area contributed by atoms with Crippen molar-refractivity contribution in [2.24, 2.45) is 0 Å². The van der Waals surface area contributed by atoms with E-state index in [0.29, 0.717) is 12.4 Å². The summed E-state index contributed by atoms with van der Waals surface area (Å²) in [6, 6.07) is 7.83. The van der Waals surface area contributed by atoms with Crippen LogP contribution in [0.5, 0.6) is 0 Å². The molecular formula is C13H12BrNO2S. The van der Waals surface area contributed by atoms with E-state index in [1.807, 2.05) is 31.2 Å². The highest BCUT2D eigenvalue weighted by Gasteiger charge is 2.07. The molecule has 0 unspecified atom stereocenters. The largest absolute Gasteiger partial charge is 0.465 e. The maximum absolute atomic E-state index is 11.4. The monoisotopic (exact) mass is 325 g/mol. The van der Waals surface area contributed by atoms with Gasteiger partial charge in [-0.2, -0.15) is 0 Å². The Morgan fingerprint density at radius 3 is 3.06 bits per heavy atom. The van der Waals surface area contributed by atoms with Crippen LogP contribution in [0, 0.1) is 0 Å². The number of benzene rings is 1. The van der Waals surface area contributed by atoms with Crippen LogP contribution in [0.15, 0.2) is 39.8 Å². The van der Waals surface area contributed by atoms with Gasteiger partial charge in [-0.3, -0.25) is 9.78 Å². The maximum Gasteiger partial charge on any atom is 0.316 e. The first-order chi connectivity index (χ1) is 8.70. The van der Waals surface area contributed by atoms with Crippen LogP contribution in [0.3, 0.4) is 0 Å². The lowest BCUT2D eigenvalue weighted by Crippen LogP contribution is -2.06. The number of nitrogens with zero attached hydrogens (tertiary/aromatic N) is 1. The van der Waals surface area contributed by atoms with Crippen LogP contribution in [0.2, 0.25) is 0 Å². The molecule has 0 fully saturated rings. The summed E-state index contributed by atoms with van der Waals surface area (Å²) in [5.41, 5.74) is 0.923. The molecule has 2 rings (SSSR count). The molecule has 0 atom stereocenters.